The van der Waals surface area contributed by atoms with Gasteiger partial charge in [0, 0.05) is 18.0 Å². The second-order valence-corrected chi connectivity index (χ2v) is 7.24. The van der Waals surface area contributed by atoms with Gasteiger partial charge in [0.1, 0.15) is 11.3 Å². The Morgan fingerprint density at radius 1 is 1.35 bits per heavy atom. The summed E-state index contributed by atoms with van der Waals surface area (Å²) >= 11 is 6.03. The van der Waals surface area contributed by atoms with Crippen LogP contribution in [0.4, 0.5) is 5.69 Å². The molecular weight excluding hydrogens is 360 g/mol. The number of nitrogens with zero attached hydrogens (tertiary/aromatic N) is 1. The molecule has 2 N–H and O–H groups in total. The molecule has 0 aromatic heterocycles. The molecule has 1 atom stereocenters. The van der Waals surface area contributed by atoms with E-state index in [1.165, 1.54) is 12.0 Å². The van der Waals surface area contributed by atoms with Crippen LogP contribution in [0.15, 0.2) is 18.2 Å². The molecule has 2 aliphatic rings. The van der Waals surface area contributed by atoms with Crippen LogP contribution in [-0.4, -0.2) is 42.1 Å². The minimum absolute atomic E-state index is 0.0250. The molecule has 1 aromatic carbocycles. The molecule has 1 heterocycles. The number of methoxy groups -OCH3 is 1. The average molecular weight is 381 g/mol. The number of hydrogen-bond acceptors (Lipinski definition) is 4. The van der Waals surface area contributed by atoms with Gasteiger partial charge in [0.2, 0.25) is 11.8 Å². The molecule has 1 saturated carbocycles. The molecule has 1 aliphatic carbocycles. The van der Waals surface area contributed by atoms with E-state index in [2.05, 4.69) is 5.32 Å². The predicted molar refractivity (Wildman–Crippen MR) is 95.4 cm³/mol. The largest absolute Gasteiger partial charge is 0.495 e. The van der Waals surface area contributed by atoms with Crippen LogP contribution in [-0.2, 0) is 14.4 Å². The number of aliphatic carboxylic acids is 1. The summed E-state index contributed by atoms with van der Waals surface area (Å²) in [5.41, 5.74) is -0.699. The lowest BCUT2D eigenvalue weighted by Crippen LogP contribution is -2.54. The molecule has 140 valence electrons. The van der Waals surface area contributed by atoms with Gasteiger partial charge in [-0.3, -0.25) is 9.59 Å². The lowest BCUT2D eigenvalue weighted by atomic mass is 9.96. The number of rotatable bonds is 5. The Bertz CT molecular complexity index is 745. The van der Waals surface area contributed by atoms with Gasteiger partial charge in [-0.2, -0.15) is 0 Å². The summed E-state index contributed by atoms with van der Waals surface area (Å²) in [6.07, 6.45) is 2.39. The second kappa shape index (κ2) is 7.15. The van der Waals surface area contributed by atoms with Crippen molar-refractivity contribution in [1.82, 2.24) is 5.32 Å². The molecule has 1 saturated heterocycles. The smallest absolute Gasteiger partial charge is 0.329 e. The van der Waals surface area contributed by atoms with Crippen LogP contribution in [0.1, 0.15) is 32.1 Å². The Morgan fingerprint density at radius 2 is 2.04 bits per heavy atom. The Hall–Kier alpha value is -2.28. The summed E-state index contributed by atoms with van der Waals surface area (Å²) in [7, 11) is 1.49. The number of carbonyl (C=O) groups excluding carboxylic acids is 2. The molecule has 1 aromatic rings. The predicted octanol–water partition coefficient (Wildman–Crippen LogP) is 2.22. The van der Waals surface area contributed by atoms with Gasteiger partial charge >= 0.3 is 5.97 Å². The van der Waals surface area contributed by atoms with Crippen LogP contribution in [0.3, 0.4) is 0 Å². The highest BCUT2D eigenvalue weighted by Crippen LogP contribution is 2.36. The van der Waals surface area contributed by atoms with Crippen molar-refractivity contribution < 1.29 is 24.2 Å². The van der Waals surface area contributed by atoms with Gasteiger partial charge in [0.25, 0.3) is 0 Å². The normalized spacial score (nSPS) is 21.7. The first-order valence-electron chi connectivity index (χ1n) is 8.55. The molecule has 2 fully saturated rings. The fourth-order valence-electron chi connectivity index (χ4n) is 3.70. The van der Waals surface area contributed by atoms with Crippen molar-refractivity contribution in [2.75, 3.05) is 18.6 Å². The van der Waals surface area contributed by atoms with E-state index in [9.17, 15) is 19.5 Å². The summed E-state index contributed by atoms with van der Waals surface area (Å²) in [5.74, 6) is -1.75. The first kappa shape index (κ1) is 18.5. The number of benzene rings is 1. The SMILES string of the molecule is COc1ccc(Cl)cc1N1CC(C(=O)NC2(C(=O)O)CCCC2)CC1=O. The number of carbonyl (C=O) groups is 3. The Kier molecular flexibility index (Phi) is 5.09. The summed E-state index contributed by atoms with van der Waals surface area (Å²) in [6.45, 7) is 0.164. The fraction of sp³-hybridized carbons (Fsp3) is 0.500. The Balaban J connectivity index is 1.76. The molecule has 0 radical (unpaired) electrons. The van der Waals surface area contributed by atoms with E-state index >= 15 is 0 Å². The molecule has 8 heteroatoms. The fourth-order valence-corrected chi connectivity index (χ4v) is 3.87. The maximum atomic E-state index is 12.6. The standard InChI is InChI=1S/C18H21ClN2O5/c1-26-14-5-4-12(19)9-13(14)21-10-11(8-15(21)22)16(23)20-18(17(24)25)6-2-3-7-18/h4-5,9,11H,2-3,6-8,10H2,1H3,(H,20,23)(H,24,25). The molecule has 7 nitrogen and oxygen atoms in total. The molecule has 1 aliphatic heterocycles. The third-order valence-electron chi connectivity index (χ3n) is 5.16. The van der Waals surface area contributed by atoms with E-state index in [-0.39, 0.29) is 18.9 Å². The monoisotopic (exact) mass is 380 g/mol. The van der Waals surface area contributed by atoms with Gasteiger partial charge in [0.05, 0.1) is 18.7 Å². The van der Waals surface area contributed by atoms with Crippen molar-refractivity contribution in [3.63, 3.8) is 0 Å². The highest BCUT2D eigenvalue weighted by atomic mass is 35.5. The number of amides is 2. The minimum Gasteiger partial charge on any atom is -0.495 e. The van der Waals surface area contributed by atoms with Crippen LogP contribution >= 0.6 is 11.6 Å². The summed E-state index contributed by atoms with van der Waals surface area (Å²) in [4.78, 5) is 38.2. The average Bonchev–Trinajstić information content (AvgIpc) is 3.22. The van der Waals surface area contributed by atoms with Crippen LogP contribution < -0.4 is 15.0 Å². The maximum absolute atomic E-state index is 12.6. The van der Waals surface area contributed by atoms with E-state index in [4.69, 9.17) is 16.3 Å². The summed E-state index contributed by atoms with van der Waals surface area (Å²) in [6, 6.07) is 4.94. The Labute approximate surface area is 156 Å². The number of nitrogens with one attached hydrogen (secondary N) is 1. The number of carboxylic acid groups (broad SMARTS) is 1. The van der Waals surface area contributed by atoms with Crippen LogP contribution in [0, 0.1) is 5.92 Å². The number of halogens is 1. The molecule has 2 amide bonds. The topological polar surface area (TPSA) is 95.9 Å². The quantitative estimate of drug-likeness (QED) is 0.816. The zero-order valence-electron chi connectivity index (χ0n) is 14.5. The molecule has 26 heavy (non-hydrogen) atoms. The van der Waals surface area contributed by atoms with E-state index in [1.807, 2.05) is 0 Å². The van der Waals surface area contributed by atoms with Crippen molar-refractivity contribution in [3.05, 3.63) is 23.2 Å². The van der Waals surface area contributed by atoms with Crippen molar-refractivity contribution in [2.45, 2.75) is 37.6 Å². The van der Waals surface area contributed by atoms with Crippen molar-refractivity contribution in [3.8, 4) is 5.75 Å². The van der Waals surface area contributed by atoms with Gasteiger partial charge in [-0.15, -0.1) is 0 Å². The second-order valence-electron chi connectivity index (χ2n) is 6.81. The number of carboxylic acids is 1. The molecule has 0 spiro atoms. The van der Waals surface area contributed by atoms with Crippen LogP contribution in [0.2, 0.25) is 5.02 Å². The lowest BCUT2D eigenvalue weighted by molar-refractivity contribution is -0.148. The lowest BCUT2D eigenvalue weighted by Gasteiger charge is -2.27. The maximum Gasteiger partial charge on any atom is 0.329 e. The van der Waals surface area contributed by atoms with Crippen molar-refractivity contribution in [1.29, 1.82) is 0 Å². The zero-order chi connectivity index (χ0) is 18.9. The molecular formula is C18H21ClN2O5. The van der Waals surface area contributed by atoms with Crippen LogP contribution in [0.25, 0.3) is 0 Å². The van der Waals surface area contributed by atoms with Gasteiger partial charge in [0.15, 0.2) is 0 Å². The number of anilines is 1. The highest BCUT2D eigenvalue weighted by molar-refractivity contribution is 6.31. The molecule has 1 unspecified atom stereocenters. The number of hydrogen-bond donors (Lipinski definition) is 2. The van der Waals surface area contributed by atoms with E-state index in [1.54, 1.807) is 18.2 Å². The first-order chi connectivity index (χ1) is 12.4. The van der Waals surface area contributed by atoms with Gasteiger partial charge in [-0.05, 0) is 31.0 Å². The van der Waals surface area contributed by atoms with E-state index in [0.29, 0.717) is 29.3 Å². The van der Waals surface area contributed by atoms with Crippen molar-refractivity contribution in [2.24, 2.45) is 5.92 Å². The van der Waals surface area contributed by atoms with Gasteiger partial charge < -0.3 is 20.1 Å². The van der Waals surface area contributed by atoms with Crippen LogP contribution in [0.5, 0.6) is 5.75 Å². The molecule has 3 rings (SSSR count). The minimum atomic E-state index is -1.21. The van der Waals surface area contributed by atoms with Gasteiger partial charge in [-0.1, -0.05) is 24.4 Å². The third-order valence-corrected chi connectivity index (χ3v) is 5.39. The Morgan fingerprint density at radius 3 is 2.65 bits per heavy atom. The van der Waals surface area contributed by atoms with Gasteiger partial charge in [-0.25, -0.2) is 4.79 Å². The molecule has 0 bridgehead atoms. The van der Waals surface area contributed by atoms with E-state index in [0.717, 1.165) is 12.8 Å². The summed E-state index contributed by atoms with van der Waals surface area (Å²) in [5, 5.41) is 12.7. The highest BCUT2D eigenvalue weighted by Gasteiger charge is 2.45. The first-order valence-corrected chi connectivity index (χ1v) is 8.93. The van der Waals surface area contributed by atoms with E-state index < -0.39 is 23.3 Å². The third kappa shape index (κ3) is 3.35. The van der Waals surface area contributed by atoms with Crippen molar-refractivity contribution >= 4 is 35.1 Å². The summed E-state index contributed by atoms with van der Waals surface area (Å²) < 4.78 is 5.28. The zero-order valence-corrected chi connectivity index (χ0v) is 15.2. The number of ether oxygens (including phenoxy) is 1.